The Morgan fingerprint density at radius 2 is 1.40 bits per heavy atom. The Hall–Kier alpha value is -2.72. The van der Waals surface area contributed by atoms with Crippen LogP contribution >= 0.6 is 0 Å². The predicted octanol–water partition coefficient (Wildman–Crippen LogP) is 5.94. The summed E-state index contributed by atoms with van der Waals surface area (Å²) in [4.78, 5) is 0. The molecule has 1 nitrogen and oxygen atoms in total. The molecule has 0 spiro atoms. The molecular weight excluding hydrogens is 302 g/mol. The largest absolute Gasteiger partial charge is 0.399 e. The molecule has 3 aromatic carbocycles. The highest BCUT2D eigenvalue weighted by Crippen LogP contribution is 2.19. The van der Waals surface area contributed by atoms with Crippen LogP contribution in [-0.4, -0.2) is 0 Å². The van der Waals surface area contributed by atoms with Gasteiger partial charge in [0.1, 0.15) is 0 Å². The second-order valence-corrected chi connectivity index (χ2v) is 6.58. The summed E-state index contributed by atoms with van der Waals surface area (Å²) in [5, 5.41) is 2.55. The molecule has 0 aliphatic carbocycles. The zero-order chi connectivity index (χ0) is 17.5. The Morgan fingerprint density at radius 1 is 0.720 bits per heavy atom. The molecule has 0 bridgehead atoms. The molecule has 0 aliphatic heterocycles. The van der Waals surface area contributed by atoms with Gasteiger partial charge in [-0.1, -0.05) is 62.3 Å². The van der Waals surface area contributed by atoms with Crippen LogP contribution in [-0.2, 0) is 6.42 Å². The number of benzene rings is 3. The van der Waals surface area contributed by atoms with Gasteiger partial charge in [0, 0.05) is 16.8 Å². The summed E-state index contributed by atoms with van der Waals surface area (Å²) in [5.41, 5.74) is 9.93. The van der Waals surface area contributed by atoms with Gasteiger partial charge in [-0.2, -0.15) is 0 Å². The fraction of sp³-hybridized carbons (Fsp3) is 0.250. The molecule has 126 valence electrons. The molecule has 0 fully saturated rings. The molecule has 0 amide bonds. The van der Waals surface area contributed by atoms with E-state index < -0.39 is 0 Å². The van der Waals surface area contributed by atoms with Gasteiger partial charge in [-0.15, -0.1) is 0 Å². The topological polar surface area (TPSA) is 26.0 Å². The van der Waals surface area contributed by atoms with Crippen molar-refractivity contribution in [3.63, 3.8) is 0 Å². The highest BCUT2D eigenvalue weighted by atomic mass is 14.5. The molecular formula is C24H25N. The number of unbranched alkanes of at least 4 members (excludes halogenated alkanes) is 3. The van der Waals surface area contributed by atoms with Gasteiger partial charge in [-0.25, -0.2) is 0 Å². The Kier molecular flexibility index (Phi) is 5.75. The third-order valence-electron chi connectivity index (χ3n) is 4.49. The Balaban J connectivity index is 1.73. The minimum absolute atomic E-state index is 0.766. The molecule has 0 saturated heterocycles. The summed E-state index contributed by atoms with van der Waals surface area (Å²) in [7, 11) is 0. The lowest BCUT2D eigenvalue weighted by atomic mass is 10.0. The summed E-state index contributed by atoms with van der Waals surface area (Å²) >= 11 is 0. The van der Waals surface area contributed by atoms with Crippen LogP contribution in [0.15, 0.2) is 60.7 Å². The van der Waals surface area contributed by atoms with E-state index in [1.54, 1.807) is 0 Å². The van der Waals surface area contributed by atoms with E-state index in [-0.39, 0.29) is 0 Å². The van der Waals surface area contributed by atoms with Crippen molar-refractivity contribution < 1.29 is 0 Å². The molecule has 3 aromatic rings. The van der Waals surface area contributed by atoms with Crippen LogP contribution in [0.2, 0.25) is 0 Å². The first-order valence-electron chi connectivity index (χ1n) is 9.15. The van der Waals surface area contributed by atoms with Crippen LogP contribution in [0.5, 0.6) is 0 Å². The smallest absolute Gasteiger partial charge is 0.0314 e. The van der Waals surface area contributed by atoms with Crippen molar-refractivity contribution >= 4 is 16.5 Å². The molecule has 25 heavy (non-hydrogen) atoms. The van der Waals surface area contributed by atoms with Crippen LogP contribution in [0.25, 0.3) is 10.8 Å². The number of hydrogen-bond donors (Lipinski definition) is 1. The average molecular weight is 327 g/mol. The molecule has 0 unspecified atom stereocenters. The van der Waals surface area contributed by atoms with Crippen LogP contribution in [0.3, 0.4) is 0 Å². The monoisotopic (exact) mass is 327 g/mol. The van der Waals surface area contributed by atoms with Crippen LogP contribution in [0.1, 0.15) is 49.3 Å². The molecule has 1 heteroatoms. The Labute approximate surface area is 150 Å². The summed E-state index contributed by atoms with van der Waals surface area (Å²) in [6.45, 7) is 2.25. The van der Waals surface area contributed by atoms with Crippen molar-refractivity contribution in [1.29, 1.82) is 0 Å². The van der Waals surface area contributed by atoms with Gasteiger partial charge in [-0.05, 0) is 65.6 Å². The normalized spacial score (nSPS) is 10.4. The quantitative estimate of drug-likeness (QED) is 0.350. The predicted molar refractivity (Wildman–Crippen MR) is 109 cm³/mol. The fourth-order valence-electron chi connectivity index (χ4n) is 3.00. The molecule has 3 rings (SSSR count). The second kappa shape index (κ2) is 8.40. The molecule has 0 radical (unpaired) electrons. The van der Waals surface area contributed by atoms with Crippen molar-refractivity contribution in [2.24, 2.45) is 0 Å². The lowest BCUT2D eigenvalue weighted by Gasteiger charge is -2.04. The number of nitrogens with two attached hydrogens (primary N) is 1. The van der Waals surface area contributed by atoms with Gasteiger partial charge in [-0.3, -0.25) is 0 Å². The van der Waals surface area contributed by atoms with Crippen molar-refractivity contribution in [3.05, 3.63) is 77.4 Å². The lowest BCUT2D eigenvalue weighted by molar-refractivity contribution is 0.667. The van der Waals surface area contributed by atoms with Crippen molar-refractivity contribution in [2.45, 2.75) is 39.0 Å². The summed E-state index contributed by atoms with van der Waals surface area (Å²) in [6, 6.07) is 20.9. The van der Waals surface area contributed by atoms with Crippen LogP contribution in [0, 0.1) is 11.8 Å². The standard InChI is InChI=1S/C24H25N/c1-2-3-4-5-6-20-9-13-23-18-21(10-14-22(23)17-20)8-7-19-11-15-24(25)16-12-19/h9-18H,2-6,25H2,1H3. The molecule has 0 saturated carbocycles. The zero-order valence-electron chi connectivity index (χ0n) is 14.9. The lowest BCUT2D eigenvalue weighted by Crippen LogP contribution is -1.87. The van der Waals surface area contributed by atoms with E-state index in [9.17, 15) is 0 Å². The van der Waals surface area contributed by atoms with E-state index in [1.807, 2.05) is 24.3 Å². The van der Waals surface area contributed by atoms with E-state index in [2.05, 4.69) is 55.2 Å². The summed E-state index contributed by atoms with van der Waals surface area (Å²) < 4.78 is 0. The first kappa shape index (κ1) is 17.1. The number of aryl methyl sites for hydroxylation is 1. The maximum atomic E-state index is 5.71. The summed E-state index contributed by atoms with van der Waals surface area (Å²) in [6.07, 6.45) is 6.41. The van der Waals surface area contributed by atoms with E-state index >= 15 is 0 Å². The summed E-state index contributed by atoms with van der Waals surface area (Å²) in [5.74, 6) is 6.44. The first-order chi connectivity index (χ1) is 12.2. The third-order valence-corrected chi connectivity index (χ3v) is 4.49. The first-order valence-corrected chi connectivity index (χ1v) is 9.15. The van der Waals surface area contributed by atoms with Gasteiger partial charge in [0.05, 0.1) is 0 Å². The van der Waals surface area contributed by atoms with Crippen LogP contribution in [0.4, 0.5) is 5.69 Å². The number of nitrogen functional groups attached to an aromatic ring is 1. The van der Waals surface area contributed by atoms with Crippen molar-refractivity contribution in [1.82, 2.24) is 0 Å². The molecule has 0 atom stereocenters. The number of fused-ring (bicyclic) bond motifs is 1. The van der Waals surface area contributed by atoms with Gasteiger partial charge >= 0.3 is 0 Å². The molecule has 0 heterocycles. The van der Waals surface area contributed by atoms with E-state index in [1.165, 1.54) is 48.4 Å². The SMILES string of the molecule is CCCCCCc1ccc2cc(C#Cc3ccc(N)cc3)ccc2c1. The van der Waals surface area contributed by atoms with Gasteiger partial charge in [0.15, 0.2) is 0 Å². The van der Waals surface area contributed by atoms with Gasteiger partial charge < -0.3 is 5.73 Å². The highest BCUT2D eigenvalue weighted by molar-refractivity contribution is 5.84. The van der Waals surface area contributed by atoms with E-state index in [0.29, 0.717) is 0 Å². The third kappa shape index (κ3) is 4.88. The Bertz CT molecular complexity index is 895. The molecule has 0 aromatic heterocycles. The average Bonchev–Trinajstić information content (AvgIpc) is 2.64. The number of hydrogen-bond acceptors (Lipinski definition) is 1. The van der Waals surface area contributed by atoms with E-state index in [4.69, 9.17) is 5.73 Å². The molecule has 2 N–H and O–H groups in total. The van der Waals surface area contributed by atoms with Gasteiger partial charge in [0.2, 0.25) is 0 Å². The van der Waals surface area contributed by atoms with Gasteiger partial charge in [0.25, 0.3) is 0 Å². The minimum atomic E-state index is 0.766. The highest BCUT2D eigenvalue weighted by Gasteiger charge is 1.99. The second-order valence-electron chi connectivity index (χ2n) is 6.58. The molecule has 0 aliphatic rings. The minimum Gasteiger partial charge on any atom is -0.399 e. The number of rotatable bonds is 5. The number of anilines is 1. The maximum absolute atomic E-state index is 5.71. The van der Waals surface area contributed by atoms with Crippen LogP contribution < -0.4 is 5.73 Å². The zero-order valence-corrected chi connectivity index (χ0v) is 14.9. The Morgan fingerprint density at radius 3 is 2.20 bits per heavy atom. The van der Waals surface area contributed by atoms with Crippen molar-refractivity contribution in [3.8, 4) is 11.8 Å². The fourth-order valence-corrected chi connectivity index (χ4v) is 3.00. The van der Waals surface area contributed by atoms with Crippen molar-refractivity contribution in [2.75, 3.05) is 5.73 Å². The van der Waals surface area contributed by atoms with E-state index in [0.717, 1.165) is 16.8 Å². The maximum Gasteiger partial charge on any atom is 0.0314 e.